The summed E-state index contributed by atoms with van der Waals surface area (Å²) in [5.74, 6) is -0.689. The first-order chi connectivity index (χ1) is 37.3. The van der Waals surface area contributed by atoms with Crippen LogP contribution in [0.4, 0.5) is 0 Å². The van der Waals surface area contributed by atoms with E-state index in [4.69, 9.17) is 32.1 Å². The highest BCUT2D eigenvalue weighted by molar-refractivity contribution is 7.81. The highest BCUT2D eigenvalue weighted by Crippen LogP contribution is 2.33. The van der Waals surface area contributed by atoms with E-state index in [9.17, 15) is 48.5 Å². The Bertz CT molecular complexity index is 2300. The number of methoxy groups -OCH3 is 1. The van der Waals surface area contributed by atoms with Crippen LogP contribution in [0.5, 0.6) is 5.75 Å². The van der Waals surface area contributed by atoms with Gasteiger partial charge in [0.2, 0.25) is 5.91 Å². The van der Waals surface area contributed by atoms with Gasteiger partial charge in [-0.25, -0.2) is 17.3 Å². The summed E-state index contributed by atoms with van der Waals surface area (Å²) in [6, 6.07) is 13.2. The van der Waals surface area contributed by atoms with Gasteiger partial charge >= 0.3 is 37.2 Å². The lowest BCUT2D eigenvalue weighted by atomic mass is 9.99. The number of carbonyl (C=O) groups is 2. The molecule has 20 nitrogen and oxygen atoms in total. The molecular weight excluding hydrogens is 1070 g/mol. The number of hydrogen-bond acceptors (Lipinski definition) is 16. The van der Waals surface area contributed by atoms with E-state index in [1.165, 1.54) is 97.0 Å². The maximum atomic E-state index is 13.9. The van der Waals surface area contributed by atoms with Crippen LogP contribution in [0, 0.1) is 0 Å². The number of allylic oxidation sites excluding steroid dienone is 1. The molecule has 1 amide bonds. The quantitative estimate of drug-likeness (QED) is 0.0207. The first kappa shape index (κ1) is 68.7. The molecule has 446 valence electrons. The Balaban J connectivity index is 1.96. The third-order valence-electron chi connectivity index (χ3n) is 13.3. The standard InChI is InChI=1S/C55H89NO19S3/c1-4-6-8-10-12-14-16-18-20-22-24-26-31-35-48(72-54(58)45-33-29-28-30-34-45)47(56-50(57)36-32-27-25-23-21-19-17-15-13-11-9-7-5-2)42-70-55-53(69-41-44-37-39-46(68-3)40-38-44)52(75-78(65,66)67)51(74-77(62,63)64)49(73-55)43-71-76(59,60)61/h28-31,33-35,37-40,47-49,51-53,55H,4-27,32,36,41-43H2,1-3H3,(H,56,57)(H,59,60,61)(H,62,63,64)(H,65,66,67)/b35-31+/t47-,48+,49+,51-,52-,53+,55-/m0/s1. The molecule has 78 heavy (non-hydrogen) atoms. The Morgan fingerprint density at radius 3 is 1.62 bits per heavy atom. The van der Waals surface area contributed by atoms with Gasteiger partial charge < -0.3 is 29.0 Å². The second-order valence-electron chi connectivity index (χ2n) is 19.8. The Morgan fingerprint density at radius 2 is 1.12 bits per heavy atom. The Kier molecular flexibility index (Phi) is 34.3. The maximum Gasteiger partial charge on any atom is 0.397 e. The highest BCUT2D eigenvalue weighted by Gasteiger charge is 2.53. The van der Waals surface area contributed by atoms with E-state index in [-0.39, 0.29) is 12.0 Å². The van der Waals surface area contributed by atoms with Crippen LogP contribution in [-0.4, -0.2) is 114 Å². The van der Waals surface area contributed by atoms with Gasteiger partial charge in [0.15, 0.2) is 6.29 Å². The molecule has 2 aromatic carbocycles. The zero-order chi connectivity index (χ0) is 57.1. The van der Waals surface area contributed by atoms with E-state index in [2.05, 4.69) is 23.3 Å². The average Bonchev–Trinajstić information content (AvgIpc) is 3.45. The SMILES string of the molecule is CCCCCCCCCCCCC/C=C/[C@@H](OC(=O)c1ccccc1)[C@H](CO[C@H]1O[C@H](COS(=O)(=O)O)[C@H](OS(=O)(=O)O)[C@H](OS(=O)(=O)O)[C@H]1OCc1ccc(OC)cc1)NC(=O)CCCCCCCCCCCCCCC. The van der Waals surface area contributed by atoms with Crippen LogP contribution in [-0.2, 0) is 74.1 Å². The number of esters is 1. The van der Waals surface area contributed by atoms with Crippen molar-refractivity contribution in [1.29, 1.82) is 0 Å². The predicted octanol–water partition coefficient (Wildman–Crippen LogP) is 11.0. The fourth-order valence-electron chi connectivity index (χ4n) is 9.07. The molecule has 0 saturated carbocycles. The lowest BCUT2D eigenvalue weighted by Gasteiger charge is -2.44. The van der Waals surface area contributed by atoms with Gasteiger partial charge in [-0.1, -0.05) is 192 Å². The van der Waals surface area contributed by atoms with Crippen molar-refractivity contribution in [2.24, 2.45) is 0 Å². The van der Waals surface area contributed by atoms with E-state index < -0.39 is 106 Å². The fourth-order valence-corrected chi connectivity index (χ4v) is 10.4. The second-order valence-corrected chi connectivity index (χ2v) is 23.0. The molecule has 0 aromatic heterocycles. The van der Waals surface area contributed by atoms with Gasteiger partial charge in [0.05, 0.1) is 38.5 Å². The number of unbranched alkanes of at least 4 members (excludes halogenated alkanes) is 23. The van der Waals surface area contributed by atoms with Crippen LogP contribution < -0.4 is 10.1 Å². The summed E-state index contributed by atoms with van der Waals surface area (Å²) in [4.78, 5) is 27.7. The van der Waals surface area contributed by atoms with Gasteiger partial charge in [-0.2, -0.15) is 25.3 Å². The van der Waals surface area contributed by atoms with E-state index in [0.29, 0.717) is 24.2 Å². The molecule has 0 unspecified atom stereocenters. The van der Waals surface area contributed by atoms with Crippen molar-refractivity contribution in [3.05, 3.63) is 77.9 Å². The van der Waals surface area contributed by atoms with Crippen LogP contribution in [0.2, 0.25) is 0 Å². The number of amides is 1. The topological polar surface area (TPSA) is 283 Å². The zero-order valence-corrected chi connectivity index (χ0v) is 48.4. The number of hydrogen-bond donors (Lipinski definition) is 4. The number of nitrogens with one attached hydrogen (secondary N) is 1. The van der Waals surface area contributed by atoms with Crippen molar-refractivity contribution in [2.45, 2.75) is 230 Å². The first-order valence-corrected chi connectivity index (χ1v) is 32.1. The molecule has 1 heterocycles. The third kappa shape index (κ3) is 31.4. The maximum absolute atomic E-state index is 13.9. The Hall–Kier alpha value is -3.59. The van der Waals surface area contributed by atoms with Crippen molar-refractivity contribution in [3.63, 3.8) is 0 Å². The van der Waals surface area contributed by atoms with E-state index in [1.807, 2.05) is 6.08 Å². The predicted molar refractivity (Wildman–Crippen MR) is 295 cm³/mol. The van der Waals surface area contributed by atoms with Crippen molar-refractivity contribution in [2.75, 3.05) is 20.3 Å². The molecule has 1 aliphatic rings. The first-order valence-electron chi connectivity index (χ1n) is 28.0. The van der Waals surface area contributed by atoms with E-state index in [0.717, 1.165) is 57.8 Å². The number of ether oxygens (including phenoxy) is 5. The molecule has 0 aliphatic carbocycles. The van der Waals surface area contributed by atoms with Crippen LogP contribution >= 0.6 is 0 Å². The summed E-state index contributed by atoms with van der Waals surface area (Å²) in [5.41, 5.74) is 0.636. The largest absolute Gasteiger partial charge is 0.497 e. The van der Waals surface area contributed by atoms with Crippen LogP contribution in [0.25, 0.3) is 0 Å². The van der Waals surface area contributed by atoms with Crippen LogP contribution in [0.3, 0.4) is 0 Å². The highest BCUT2D eigenvalue weighted by atomic mass is 32.3. The Morgan fingerprint density at radius 1 is 0.615 bits per heavy atom. The third-order valence-corrected chi connectivity index (χ3v) is 14.6. The van der Waals surface area contributed by atoms with Gasteiger partial charge in [0.25, 0.3) is 0 Å². The van der Waals surface area contributed by atoms with Crippen molar-refractivity contribution < 1.29 is 84.7 Å². The number of carbonyl (C=O) groups excluding carboxylic acids is 2. The van der Waals surface area contributed by atoms with Crippen molar-refractivity contribution in [3.8, 4) is 5.75 Å². The molecule has 1 aliphatic heterocycles. The molecule has 2 aromatic rings. The molecule has 0 radical (unpaired) electrons. The average molecular weight is 1160 g/mol. The number of benzene rings is 2. The molecule has 0 spiro atoms. The molecule has 0 bridgehead atoms. The summed E-state index contributed by atoms with van der Waals surface area (Å²) in [6.07, 6.45) is 19.2. The lowest BCUT2D eigenvalue weighted by Crippen LogP contribution is -2.63. The monoisotopic (exact) mass is 1160 g/mol. The summed E-state index contributed by atoms with van der Waals surface area (Å²) in [7, 11) is -15.0. The van der Waals surface area contributed by atoms with Gasteiger partial charge in [0.1, 0.15) is 36.3 Å². The van der Waals surface area contributed by atoms with Crippen LogP contribution in [0.15, 0.2) is 66.7 Å². The second kappa shape index (κ2) is 38.9. The molecule has 3 rings (SSSR count). The summed E-state index contributed by atoms with van der Waals surface area (Å²) >= 11 is 0. The smallest absolute Gasteiger partial charge is 0.397 e. The minimum absolute atomic E-state index is 0.0948. The normalized spacial score (nSPS) is 18.9. The molecule has 4 N–H and O–H groups in total. The van der Waals surface area contributed by atoms with Gasteiger partial charge in [-0.05, 0) is 55.2 Å². The summed E-state index contributed by atoms with van der Waals surface area (Å²) in [5, 5.41) is 2.94. The van der Waals surface area contributed by atoms with E-state index >= 15 is 0 Å². The zero-order valence-electron chi connectivity index (χ0n) is 46.0. The molecule has 1 fully saturated rings. The van der Waals surface area contributed by atoms with Gasteiger partial charge in [0, 0.05) is 6.42 Å². The van der Waals surface area contributed by atoms with Gasteiger partial charge in [-0.3, -0.25) is 18.5 Å². The number of rotatable bonds is 45. The fraction of sp³-hybridized carbons (Fsp3) is 0.709. The minimum Gasteiger partial charge on any atom is -0.497 e. The molecule has 23 heteroatoms. The van der Waals surface area contributed by atoms with Crippen molar-refractivity contribution >= 4 is 43.1 Å². The molecular formula is C55H89NO19S3. The molecule has 1 saturated heterocycles. The Labute approximate surface area is 465 Å². The summed E-state index contributed by atoms with van der Waals surface area (Å²) < 4.78 is 146. The van der Waals surface area contributed by atoms with E-state index in [1.54, 1.807) is 60.7 Å². The summed E-state index contributed by atoms with van der Waals surface area (Å²) in [6.45, 7) is 2.10. The lowest BCUT2D eigenvalue weighted by molar-refractivity contribution is -0.304. The minimum atomic E-state index is -5.58. The molecule has 7 atom stereocenters. The van der Waals surface area contributed by atoms with Crippen molar-refractivity contribution in [1.82, 2.24) is 5.32 Å². The van der Waals surface area contributed by atoms with Crippen LogP contribution in [0.1, 0.15) is 197 Å². The van der Waals surface area contributed by atoms with Gasteiger partial charge in [-0.15, -0.1) is 0 Å².